The smallest absolute Gasteiger partial charge is 0.333 e. The first-order chi connectivity index (χ1) is 14.5. The highest BCUT2D eigenvalue weighted by atomic mass is 32.1. The first-order valence-corrected chi connectivity index (χ1v) is 10.2. The van der Waals surface area contributed by atoms with Crippen molar-refractivity contribution in [3.05, 3.63) is 85.3 Å². The summed E-state index contributed by atoms with van der Waals surface area (Å²) in [6.07, 6.45) is 2.97. The number of carbonyl (C=O) groups excluding carboxylic acids is 2. The van der Waals surface area contributed by atoms with E-state index in [1.807, 2.05) is 18.2 Å². The monoisotopic (exact) mass is 423 g/mol. The molecular formula is C23H21NO5S. The maximum absolute atomic E-state index is 13.0. The number of esters is 1. The van der Waals surface area contributed by atoms with Crippen molar-refractivity contribution in [2.24, 2.45) is 0 Å². The molecule has 0 radical (unpaired) electrons. The van der Waals surface area contributed by atoms with Crippen molar-refractivity contribution >= 4 is 35.2 Å². The van der Waals surface area contributed by atoms with Crippen molar-refractivity contribution in [2.75, 3.05) is 13.7 Å². The normalized spacial score (nSPS) is 12.1. The summed E-state index contributed by atoms with van der Waals surface area (Å²) in [4.78, 5) is 37.6. The summed E-state index contributed by atoms with van der Waals surface area (Å²) in [5.41, 5.74) is 0.965. The number of ketones is 1. The lowest BCUT2D eigenvalue weighted by molar-refractivity contribution is -0.135. The van der Waals surface area contributed by atoms with Crippen LogP contribution in [0, 0.1) is 0 Å². The minimum Gasteiger partial charge on any atom is -0.497 e. The van der Waals surface area contributed by atoms with Crippen molar-refractivity contribution in [1.82, 2.24) is 4.57 Å². The lowest BCUT2D eigenvalue weighted by Crippen LogP contribution is -2.34. The van der Waals surface area contributed by atoms with Gasteiger partial charge in [0.05, 0.1) is 30.9 Å². The summed E-state index contributed by atoms with van der Waals surface area (Å²) in [6, 6.07) is 16.0. The Hall–Kier alpha value is -3.45. The van der Waals surface area contributed by atoms with Gasteiger partial charge in [0, 0.05) is 5.56 Å². The van der Waals surface area contributed by atoms with Crippen molar-refractivity contribution in [2.45, 2.75) is 13.5 Å². The number of hydrogen-bond donors (Lipinski definition) is 0. The predicted molar refractivity (Wildman–Crippen MR) is 116 cm³/mol. The Morgan fingerprint density at radius 3 is 2.40 bits per heavy atom. The van der Waals surface area contributed by atoms with E-state index in [9.17, 15) is 14.4 Å². The van der Waals surface area contributed by atoms with E-state index in [-0.39, 0.29) is 24.5 Å². The molecule has 0 bridgehead atoms. The van der Waals surface area contributed by atoms with Crippen molar-refractivity contribution in [1.29, 1.82) is 0 Å². The number of aromatic nitrogens is 1. The van der Waals surface area contributed by atoms with E-state index >= 15 is 0 Å². The molecule has 0 atom stereocenters. The third-order valence-electron chi connectivity index (χ3n) is 4.28. The molecule has 154 valence electrons. The molecule has 0 aliphatic heterocycles. The molecule has 6 nitrogen and oxygen atoms in total. The van der Waals surface area contributed by atoms with Crippen LogP contribution < -0.4 is 19.5 Å². The topological polar surface area (TPSA) is 74.6 Å². The summed E-state index contributed by atoms with van der Waals surface area (Å²) >= 11 is 1.14. The Bertz CT molecular complexity index is 1210. The molecule has 0 aliphatic rings. The van der Waals surface area contributed by atoms with Crippen LogP contribution in [-0.2, 0) is 16.1 Å². The molecule has 3 aromatic rings. The Morgan fingerprint density at radius 2 is 1.77 bits per heavy atom. The van der Waals surface area contributed by atoms with Crippen LogP contribution in [0.5, 0.6) is 5.75 Å². The molecule has 0 unspecified atom stereocenters. The van der Waals surface area contributed by atoms with Gasteiger partial charge in [0.15, 0.2) is 5.78 Å². The highest BCUT2D eigenvalue weighted by molar-refractivity contribution is 7.07. The Kier molecular flexibility index (Phi) is 6.98. The molecule has 0 N–H and O–H groups in total. The van der Waals surface area contributed by atoms with E-state index in [4.69, 9.17) is 9.47 Å². The average Bonchev–Trinajstić information content (AvgIpc) is 3.03. The van der Waals surface area contributed by atoms with Gasteiger partial charge in [-0.15, -0.1) is 11.3 Å². The quantitative estimate of drug-likeness (QED) is 0.429. The van der Waals surface area contributed by atoms with E-state index in [1.165, 1.54) is 10.6 Å². The molecule has 0 amide bonds. The summed E-state index contributed by atoms with van der Waals surface area (Å²) in [6.45, 7) is 1.76. The molecule has 30 heavy (non-hydrogen) atoms. The van der Waals surface area contributed by atoms with Crippen LogP contribution in [0.2, 0.25) is 0 Å². The summed E-state index contributed by atoms with van der Waals surface area (Å²) in [5.74, 6) is -0.0683. The zero-order valence-electron chi connectivity index (χ0n) is 16.7. The van der Waals surface area contributed by atoms with Crippen LogP contribution >= 0.6 is 11.3 Å². The number of nitrogens with zero attached hydrogens (tertiary/aromatic N) is 1. The van der Waals surface area contributed by atoms with E-state index in [1.54, 1.807) is 56.5 Å². The molecule has 2 aromatic carbocycles. The number of carbonyl (C=O) groups is 2. The lowest BCUT2D eigenvalue weighted by atomic mass is 10.1. The predicted octanol–water partition coefficient (Wildman–Crippen LogP) is 1.97. The number of methoxy groups -OCH3 is 1. The third kappa shape index (κ3) is 5.12. The summed E-state index contributed by atoms with van der Waals surface area (Å²) < 4.78 is 12.2. The number of ether oxygens (including phenoxy) is 2. The molecule has 0 spiro atoms. The second-order valence-electron chi connectivity index (χ2n) is 6.30. The second kappa shape index (κ2) is 9.84. The van der Waals surface area contributed by atoms with Crippen LogP contribution in [0.4, 0.5) is 0 Å². The van der Waals surface area contributed by atoms with Gasteiger partial charge in [-0.05, 0) is 30.7 Å². The molecule has 3 rings (SSSR count). The zero-order valence-corrected chi connectivity index (χ0v) is 17.5. The molecule has 0 fully saturated rings. The largest absolute Gasteiger partial charge is 0.497 e. The van der Waals surface area contributed by atoms with Crippen LogP contribution in [0.1, 0.15) is 22.8 Å². The van der Waals surface area contributed by atoms with Gasteiger partial charge in [-0.1, -0.05) is 42.5 Å². The number of rotatable bonds is 7. The first-order valence-electron chi connectivity index (χ1n) is 9.34. The van der Waals surface area contributed by atoms with Crippen molar-refractivity contribution < 1.29 is 19.1 Å². The Balaban J connectivity index is 2.07. The molecule has 0 saturated heterocycles. The fourth-order valence-corrected chi connectivity index (χ4v) is 3.82. The first kappa shape index (κ1) is 21.3. The number of benzene rings is 2. The second-order valence-corrected chi connectivity index (χ2v) is 7.36. The highest BCUT2D eigenvalue weighted by Crippen LogP contribution is 2.11. The van der Waals surface area contributed by atoms with Gasteiger partial charge in [-0.25, -0.2) is 4.79 Å². The van der Waals surface area contributed by atoms with Gasteiger partial charge >= 0.3 is 5.97 Å². The van der Waals surface area contributed by atoms with Crippen LogP contribution in [0.25, 0.3) is 12.2 Å². The number of hydrogen-bond acceptors (Lipinski definition) is 6. The highest BCUT2D eigenvalue weighted by Gasteiger charge is 2.12. The van der Waals surface area contributed by atoms with Gasteiger partial charge in [-0.2, -0.15) is 0 Å². The maximum Gasteiger partial charge on any atom is 0.333 e. The van der Waals surface area contributed by atoms with E-state index < -0.39 is 5.97 Å². The van der Waals surface area contributed by atoms with Gasteiger partial charge in [-0.3, -0.25) is 14.2 Å². The van der Waals surface area contributed by atoms with E-state index in [2.05, 4.69) is 0 Å². The average molecular weight is 423 g/mol. The number of Topliss-reactive ketones (excluding diaryl/α,β-unsaturated/α-hetero) is 1. The van der Waals surface area contributed by atoms with Crippen LogP contribution in [-0.4, -0.2) is 30.0 Å². The van der Waals surface area contributed by atoms with Crippen molar-refractivity contribution in [3.8, 4) is 5.75 Å². The number of thiazole rings is 1. The molecular weight excluding hydrogens is 402 g/mol. The standard InChI is InChI=1S/C23H21NO5S/c1-3-29-22(26)14-21-24(15-19(25)17-7-5-4-6-8-17)23(27)20(30-21)13-16-9-11-18(28-2)12-10-16/h4-14H,3,15H2,1-2H3/b20-13+,21-14-. The van der Waals surface area contributed by atoms with Crippen LogP contribution in [0.3, 0.4) is 0 Å². The third-order valence-corrected chi connectivity index (χ3v) is 5.34. The van der Waals surface area contributed by atoms with Crippen LogP contribution in [0.15, 0.2) is 59.4 Å². The SMILES string of the molecule is CCOC(=O)/C=c1\s/c(=C/c2ccc(OC)cc2)c(=O)n1CC(=O)c1ccccc1. The minimum absolute atomic E-state index is 0.166. The molecule has 1 heterocycles. The lowest BCUT2D eigenvalue weighted by Gasteiger charge is -2.02. The minimum atomic E-state index is -0.560. The van der Waals surface area contributed by atoms with Gasteiger partial charge < -0.3 is 9.47 Å². The maximum atomic E-state index is 13.0. The summed E-state index contributed by atoms with van der Waals surface area (Å²) in [5, 5.41) is 0. The Labute approximate surface area is 177 Å². The van der Waals surface area contributed by atoms with E-state index in [0.717, 1.165) is 16.9 Å². The molecule has 7 heteroatoms. The fraction of sp³-hybridized carbons (Fsp3) is 0.174. The van der Waals surface area contributed by atoms with Crippen molar-refractivity contribution in [3.63, 3.8) is 0 Å². The fourth-order valence-electron chi connectivity index (χ4n) is 2.79. The van der Waals surface area contributed by atoms with E-state index in [0.29, 0.717) is 20.5 Å². The van der Waals surface area contributed by atoms with Gasteiger partial charge in [0.2, 0.25) is 0 Å². The Morgan fingerprint density at radius 1 is 1.07 bits per heavy atom. The molecule has 1 aromatic heterocycles. The van der Waals surface area contributed by atoms with Gasteiger partial charge in [0.25, 0.3) is 5.56 Å². The zero-order chi connectivity index (χ0) is 21.5. The molecule has 0 saturated carbocycles. The summed E-state index contributed by atoms with van der Waals surface area (Å²) in [7, 11) is 1.58. The van der Waals surface area contributed by atoms with Gasteiger partial charge in [0.1, 0.15) is 10.4 Å². The molecule has 0 aliphatic carbocycles.